The normalized spacial score (nSPS) is 26.5. The van der Waals surface area contributed by atoms with E-state index in [-0.39, 0.29) is 0 Å². The SMILES string of the molecule is CC1(C)CC1c1nc(Cl)c2c(n1)CCC2. The smallest absolute Gasteiger partial charge is 0.136 e. The highest BCUT2D eigenvalue weighted by atomic mass is 35.5. The lowest BCUT2D eigenvalue weighted by Crippen LogP contribution is -2.02. The molecule has 1 heterocycles. The topological polar surface area (TPSA) is 25.8 Å². The molecule has 1 aromatic heterocycles. The van der Waals surface area contributed by atoms with Gasteiger partial charge in [0.25, 0.3) is 0 Å². The summed E-state index contributed by atoms with van der Waals surface area (Å²) in [6.45, 7) is 4.53. The number of aryl methyl sites for hydroxylation is 1. The van der Waals surface area contributed by atoms with Crippen molar-refractivity contribution in [2.75, 3.05) is 0 Å². The summed E-state index contributed by atoms with van der Waals surface area (Å²) in [4.78, 5) is 9.13. The van der Waals surface area contributed by atoms with Gasteiger partial charge < -0.3 is 0 Å². The zero-order valence-electron chi connectivity index (χ0n) is 9.18. The second kappa shape index (κ2) is 2.94. The molecule has 1 unspecified atom stereocenters. The van der Waals surface area contributed by atoms with E-state index in [1.807, 2.05) is 0 Å². The number of rotatable bonds is 1. The Labute approximate surface area is 95.1 Å². The van der Waals surface area contributed by atoms with Crippen LogP contribution in [0.15, 0.2) is 0 Å². The molecular formula is C12H15ClN2. The van der Waals surface area contributed by atoms with Gasteiger partial charge in [-0.05, 0) is 31.1 Å². The van der Waals surface area contributed by atoms with Gasteiger partial charge in [-0.1, -0.05) is 25.4 Å². The predicted molar refractivity (Wildman–Crippen MR) is 60.2 cm³/mol. The van der Waals surface area contributed by atoms with Gasteiger partial charge in [0, 0.05) is 17.2 Å². The van der Waals surface area contributed by atoms with Gasteiger partial charge in [-0.15, -0.1) is 0 Å². The molecule has 0 amide bonds. The number of hydrogen-bond donors (Lipinski definition) is 0. The summed E-state index contributed by atoms with van der Waals surface area (Å²) >= 11 is 6.19. The molecule has 2 nitrogen and oxygen atoms in total. The minimum Gasteiger partial charge on any atom is -0.237 e. The van der Waals surface area contributed by atoms with Crippen molar-refractivity contribution in [3.8, 4) is 0 Å². The quantitative estimate of drug-likeness (QED) is 0.683. The van der Waals surface area contributed by atoms with Crippen molar-refractivity contribution in [2.24, 2.45) is 5.41 Å². The van der Waals surface area contributed by atoms with E-state index >= 15 is 0 Å². The minimum atomic E-state index is 0.385. The van der Waals surface area contributed by atoms with Gasteiger partial charge in [0.05, 0.1) is 0 Å². The van der Waals surface area contributed by atoms with Crippen molar-refractivity contribution in [1.82, 2.24) is 9.97 Å². The van der Waals surface area contributed by atoms with Gasteiger partial charge in [0.1, 0.15) is 11.0 Å². The Morgan fingerprint density at radius 3 is 2.67 bits per heavy atom. The molecule has 0 spiro atoms. The predicted octanol–water partition coefficient (Wildman–Crippen LogP) is 3.13. The zero-order chi connectivity index (χ0) is 10.6. The number of halogens is 1. The van der Waals surface area contributed by atoms with E-state index in [1.165, 1.54) is 24.1 Å². The average molecular weight is 223 g/mol. The third kappa shape index (κ3) is 1.46. The lowest BCUT2D eigenvalue weighted by Gasteiger charge is -2.06. The van der Waals surface area contributed by atoms with E-state index in [4.69, 9.17) is 11.6 Å². The Morgan fingerprint density at radius 1 is 1.27 bits per heavy atom. The van der Waals surface area contributed by atoms with Crippen LogP contribution < -0.4 is 0 Å². The van der Waals surface area contributed by atoms with E-state index < -0.39 is 0 Å². The third-order valence-corrected chi connectivity index (χ3v) is 4.04. The summed E-state index contributed by atoms with van der Waals surface area (Å²) in [5.74, 6) is 1.51. The van der Waals surface area contributed by atoms with Gasteiger partial charge in [-0.3, -0.25) is 0 Å². The maximum Gasteiger partial charge on any atom is 0.136 e. The van der Waals surface area contributed by atoms with Gasteiger partial charge >= 0.3 is 0 Å². The number of nitrogens with zero attached hydrogens (tertiary/aromatic N) is 2. The highest BCUT2D eigenvalue weighted by molar-refractivity contribution is 6.30. The van der Waals surface area contributed by atoms with Crippen LogP contribution in [0.4, 0.5) is 0 Å². The molecule has 15 heavy (non-hydrogen) atoms. The van der Waals surface area contributed by atoms with Gasteiger partial charge in [0.2, 0.25) is 0 Å². The minimum absolute atomic E-state index is 0.385. The fraction of sp³-hybridized carbons (Fsp3) is 0.667. The Kier molecular flexibility index (Phi) is 1.88. The third-order valence-electron chi connectivity index (χ3n) is 3.73. The van der Waals surface area contributed by atoms with Crippen LogP contribution >= 0.6 is 11.6 Å². The second-order valence-electron chi connectivity index (χ2n) is 5.40. The lowest BCUT2D eigenvalue weighted by molar-refractivity contribution is 0.607. The Hall–Kier alpha value is -0.630. The second-order valence-corrected chi connectivity index (χ2v) is 5.75. The molecule has 0 N–H and O–H groups in total. The summed E-state index contributed by atoms with van der Waals surface area (Å²) in [5, 5.41) is 0.704. The molecule has 1 saturated carbocycles. The summed E-state index contributed by atoms with van der Waals surface area (Å²) in [6, 6.07) is 0. The first-order chi connectivity index (χ1) is 7.08. The molecule has 0 radical (unpaired) electrons. The van der Waals surface area contributed by atoms with Crippen LogP contribution in [0.1, 0.15) is 49.7 Å². The van der Waals surface area contributed by atoms with Gasteiger partial charge in [0.15, 0.2) is 0 Å². The molecule has 1 atom stereocenters. The first-order valence-corrected chi connectivity index (χ1v) is 6.01. The van der Waals surface area contributed by atoms with Crippen LogP contribution in [0.25, 0.3) is 0 Å². The van der Waals surface area contributed by atoms with E-state index in [0.29, 0.717) is 16.5 Å². The molecule has 80 valence electrons. The Morgan fingerprint density at radius 2 is 2.00 bits per heavy atom. The van der Waals surface area contributed by atoms with E-state index in [0.717, 1.165) is 18.7 Å². The van der Waals surface area contributed by atoms with Crippen molar-refractivity contribution >= 4 is 11.6 Å². The average Bonchev–Trinajstić information content (AvgIpc) is 2.63. The van der Waals surface area contributed by atoms with Crippen LogP contribution in [-0.2, 0) is 12.8 Å². The molecule has 2 aliphatic rings. The standard InChI is InChI=1S/C12H15ClN2/c1-12(2)6-8(12)11-14-9-5-3-4-7(9)10(13)15-11/h8H,3-6H2,1-2H3. The molecule has 1 fully saturated rings. The molecule has 3 heteroatoms. The van der Waals surface area contributed by atoms with Crippen molar-refractivity contribution in [3.05, 3.63) is 22.2 Å². The number of aromatic nitrogens is 2. The molecule has 3 rings (SSSR count). The summed E-state index contributed by atoms with van der Waals surface area (Å²) < 4.78 is 0. The first kappa shape index (κ1) is 9.59. The highest BCUT2D eigenvalue weighted by Gasteiger charge is 2.49. The lowest BCUT2D eigenvalue weighted by atomic mass is 10.1. The fourth-order valence-corrected chi connectivity index (χ4v) is 2.76. The molecule has 0 saturated heterocycles. The van der Waals surface area contributed by atoms with E-state index in [9.17, 15) is 0 Å². The van der Waals surface area contributed by atoms with Crippen LogP contribution in [0.5, 0.6) is 0 Å². The summed E-state index contributed by atoms with van der Waals surface area (Å²) in [7, 11) is 0. The maximum absolute atomic E-state index is 6.19. The molecule has 0 aromatic carbocycles. The monoisotopic (exact) mass is 222 g/mol. The van der Waals surface area contributed by atoms with Crippen LogP contribution in [0, 0.1) is 5.41 Å². The van der Waals surface area contributed by atoms with Gasteiger partial charge in [-0.2, -0.15) is 0 Å². The van der Waals surface area contributed by atoms with Crippen molar-refractivity contribution in [1.29, 1.82) is 0 Å². The largest absolute Gasteiger partial charge is 0.237 e. The fourth-order valence-electron chi connectivity index (χ4n) is 2.47. The van der Waals surface area contributed by atoms with E-state index in [2.05, 4.69) is 23.8 Å². The highest BCUT2D eigenvalue weighted by Crippen LogP contribution is 2.57. The number of fused-ring (bicyclic) bond motifs is 1. The first-order valence-electron chi connectivity index (χ1n) is 5.63. The molecule has 2 aliphatic carbocycles. The molecular weight excluding hydrogens is 208 g/mol. The summed E-state index contributed by atoms with van der Waals surface area (Å²) in [6.07, 6.45) is 4.52. The van der Waals surface area contributed by atoms with Crippen molar-refractivity contribution in [2.45, 2.75) is 45.4 Å². The molecule has 1 aromatic rings. The van der Waals surface area contributed by atoms with Crippen LogP contribution in [0.2, 0.25) is 5.15 Å². The molecule has 0 bridgehead atoms. The zero-order valence-corrected chi connectivity index (χ0v) is 9.93. The number of hydrogen-bond acceptors (Lipinski definition) is 2. The Bertz CT molecular complexity index is 426. The van der Waals surface area contributed by atoms with Crippen molar-refractivity contribution in [3.63, 3.8) is 0 Å². The Balaban J connectivity index is 2.01. The van der Waals surface area contributed by atoms with Crippen LogP contribution in [-0.4, -0.2) is 9.97 Å². The summed E-state index contributed by atoms with van der Waals surface area (Å²) in [5.41, 5.74) is 2.78. The van der Waals surface area contributed by atoms with Crippen LogP contribution in [0.3, 0.4) is 0 Å². The maximum atomic E-state index is 6.19. The van der Waals surface area contributed by atoms with E-state index in [1.54, 1.807) is 0 Å². The molecule has 0 aliphatic heterocycles. The van der Waals surface area contributed by atoms with Gasteiger partial charge in [-0.25, -0.2) is 9.97 Å². The van der Waals surface area contributed by atoms with Crippen molar-refractivity contribution < 1.29 is 0 Å².